The predicted octanol–water partition coefficient (Wildman–Crippen LogP) is 3.26. The molecule has 100 valence electrons. The molecule has 19 heavy (non-hydrogen) atoms. The second-order valence-corrected chi connectivity index (χ2v) is 3.90. The summed E-state index contributed by atoms with van der Waals surface area (Å²) in [7, 11) is 0. The van der Waals surface area contributed by atoms with Gasteiger partial charge in [0.15, 0.2) is 0 Å². The number of nitrogens with zero attached hydrogens (tertiary/aromatic N) is 1. The van der Waals surface area contributed by atoms with Gasteiger partial charge in [0.2, 0.25) is 0 Å². The van der Waals surface area contributed by atoms with E-state index in [-0.39, 0.29) is 12.4 Å². The Balaban J connectivity index is 2.05. The minimum absolute atomic E-state index is 0.0849. The van der Waals surface area contributed by atoms with E-state index < -0.39 is 11.7 Å². The number of pyridine rings is 1. The number of ether oxygens (including phenoxy) is 1. The summed E-state index contributed by atoms with van der Waals surface area (Å²) in [4.78, 5) is 3.99. The number of alkyl halides is 3. The fourth-order valence-corrected chi connectivity index (χ4v) is 1.44. The second kappa shape index (κ2) is 5.17. The molecule has 1 aromatic carbocycles. The molecule has 0 fully saturated rings. The van der Waals surface area contributed by atoms with Crippen molar-refractivity contribution in [1.29, 1.82) is 0 Å². The summed E-state index contributed by atoms with van der Waals surface area (Å²) < 4.78 is 42.7. The van der Waals surface area contributed by atoms with Crippen LogP contribution < -0.4 is 10.5 Å². The highest BCUT2D eigenvalue weighted by molar-refractivity contribution is 5.34. The zero-order valence-electron chi connectivity index (χ0n) is 9.82. The third-order valence-electron chi connectivity index (χ3n) is 2.40. The average molecular weight is 268 g/mol. The number of hydrogen-bond acceptors (Lipinski definition) is 3. The Morgan fingerprint density at radius 1 is 1.16 bits per heavy atom. The number of anilines is 1. The molecule has 0 amide bonds. The Morgan fingerprint density at radius 2 is 1.95 bits per heavy atom. The molecule has 1 heterocycles. The molecule has 0 spiro atoms. The van der Waals surface area contributed by atoms with Crippen LogP contribution in [0.25, 0.3) is 0 Å². The van der Waals surface area contributed by atoms with Gasteiger partial charge in [-0.1, -0.05) is 6.07 Å². The van der Waals surface area contributed by atoms with E-state index >= 15 is 0 Å². The third-order valence-corrected chi connectivity index (χ3v) is 2.40. The highest BCUT2D eigenvalue weighted by Gasteiger charge is 2.30. The Hall–Kier alpha value is -2.24. The second-order valence-electron chi connectivity index (χ2n) is 3.90. The van der Waals surface area contributed by atoms with Crippen LogP contribution in [0.15, 0.2) is 42.6 Å². The van der Waals surface area contributed by atoms with E-state index in [0.717, 1.165) is 12.1 Å². The Bertz CT molecular complexity index is 553. The summed E-state index contributed by atoms with van der Waals surface area (Å²) >= 11 is 0. The molecule has 0 radical (unpaired) electrons. The normalized spacial score (nSPS) is 11.3. The maximum absolute atomic E-state index is 12.5. The molecular weight excluding hydrogens is 257 g/mol. The molecule has 0 bridgehead atoms. The molecule has 0 saturated heterocycles. The minimum atomic E-state index is -4.38. The number of benzene rings is 1. The van der Waals surface area contributed by atoms with Gasteiger partial charge >= 0.3 is 6.18 Å². The first-order chi connectivity index (χ1) is 8.95. The van der Waals surface area contributed by atoms with Crippen LogP contribution in [0.1, 0.15) is 11.3 Å². The summed E-state index contributed by atoms with van der Waals surface area (Å²) in [5, 5.41) is 0. The molecule has 1 aromatic heterocycles. The summed E-state index contributed by atoms with van der Waals surface area (Å²) in [6.07, 6.45) is -2.91. The molecule has 6 heteroatoms. The van der Waals surface area contributed by atoms with E-state index in [2.05, 4.69) is 4.98 Å². The zero-order chi connectivity index (χ0) is 13.9. The van der Waals surface area contributed by atoms with Crippen LogP contribution in [0.4, 0.5) is 18.9 Å². The maximum Gasteiger partial charge on any atom is 0.416 e. The summed E-state index contributed by atoms with van der Waals surface area (Å²) in [6, 6.07) is 8.02. The zero-order valence-corrected chi connectivity index (χ0v) is 9.82. The van der Waals surface area contributed by atoms with Gasteiger partial charge in [-0.15, -0.1) is 0 Å². The Morgan fingerprint density at radius 3 is 2.58 bits per heavy atom. The van der Waals surface area contributed by atoms with Gasteiger partial charge in [-0.25, -0.2) is 0 Å². The van der Waals surface area contributed by atoms with Crippen molar-refractivity contribution in [2.45, 2.75) is 12.8 Å². The van der Waals surface area contributed by atoms with Crippen molar-refractivity contribution >= 4 is 5.69 Å². The van der Waals surface area contributed by atoms with E-state index in [1.54, 1.807) is 12.1 Å². The molecule has 0 unspecified atom stereocenters. The van der Waals surface area contributed by atoms with Crippen molar-refractivity contribution in [2.24, 2.45) is 0 Å². The number of nitrogens with two attached hydrogens (primary N) is 1. The number of aromatic nitrogens is 1. The first kappa shape index (κ1) is 13.2. The fourth-order valence-electron chi connectivity index (χ4n) is 1.44. The highest BCUT2D eigenvalue weighted by Crippen LogP contribution is 2.31. The van der Waals surface area contributed by atoms with Crippen LogP contribution in [-0.2, 0) is 12.8 Å². The van der Waals surface area contributed by atoms with Crippen LogP contribution >= 0.6 is 0 Å². The molecular formula is C13H11F3N2O. The lowest BCUT2D eigenvalue weighted by atomic mass is 10.2. The van der Waals surface area contributed by atoms with Crippen molar-refractivity contribution in [1.82, 2.24) is 4.98 Å². The Kier molecular flexibility index (Phi) is 3.59. The summed E-state index contributed by atoms with van der Waals surface area (Å²) in [5.41, 5.74) is 5.84. The van der Waals surface area contributed by atoms with Gasteiger partial charge in [0.25, 0.3) is 0 Å². The lowest BCUT2D eigenvalue weighted by Gasteiger charge is -2.10. The smallest absolute Gasteiger partial charge is 0.416 e. The van der Waals surface area contributed by atoms with Crippen molar-refractivity contribution in [3.8, 4) is 5.75 Å². The van der Waals surface area contributed by atoms with Crippen molar-refractivity contribution < 1.29 is 17.9 Å². The molecule has 0 aliphatic heterocycles. The summed E-state index contributed by atoms with van der Waals surface area (Å²) in [6.45, 7) is 0.0849. The maximum atomic E-state index is 12.5. The molecule has 3 nitrogen and oxygen atoms in total. The number of hydrogen-bond donors (Lipinski definition) is 1. The van der Waals surface area contributed by atoms with Gasteiger partial charge in [0.1, 0.15) is 12.4 Å². The van der Waals surface area contributed by atoms with Crippen LogP contribution in [0.3, 0.4) is 0 Å². The molecule has 0 aliphatic carbocycles. The van der Waals surface area contributed by atoms with Crippen LogP contribution in [0, 0.1) is 0 Å². The number of rotatable bonds is 3. The molecule has 2 aromatic rings. The fraction of sp³-hybridized carbons (Fsp3) is 0.154. The van der Waals surface area contributed by atoms with Gasteiger partial charge in [-0.2, -0.15) is 13.2 Å². The van der Waals surface area contributed by atoms with E-state index in [1.807, 2.05) is 0 Å². The summed E-state index contributed by atoms with van der Waals surface area (Å²) in [5.74, 6) is 0.147. The first-order valence-corrected chi connectivity index (χ1v) is 5.45. The number of nitrogen functional groups attached to an aromatic ring is 1. The molecule has 2 N–H and O–H groups in total. The average Bonchev–Trinajstić information content (AvgIpc) is 2.37. The molecule has 0 aliphatic rings. The van der Waals surface area contributed by atoms with E-state index in [0.29, 0.717) is 11.4 Å². The molecule has 0 atom stereocenters. The highest BCUT2D eigenvalue weighted by atomic mass is 19.4. The molecule has 2 rings (SSSR count). The Labute approximate surface area is 107 Å². The lowest BCUT2D eigenvalue weighted by Crippen LogP contribution is -2.05. The first-order valence-electron chi connectivity index (χ1n) is 5.45. The van der Waals surface area contributed by atoms with Crippen LogP contribution in [0.5, 0.6) is 5.75 Å². The van der Waals surface area contributed by atoms with Gasteiger partial charge < -0.3 is 10.5 Å². The topological polar surface area (TPSA) is 48.1 Å². The largest absolute Gasteiger partial charge is 0.487 e. The standard InChI is InChI=1S/C13H11F3N2O/c14-13(15,16)9-2-1-3-12(6-9)19-8-11-5-4-10(17)7-18-11/h1-7H,8,17H2. The van der Waals surface area contributed by atoms with Gasteiger partial charge in [0, 0.05) is 0 Å². The van der Waals surface area contributed by atoms with Crippen LogP contribution in [-0.4, -0.2) is 4.98 Å². The third kappa shape index (κ3) is 3.61. The molecule has 0 saturated carbocycles. The van der Waals surface area contributed by atoms with E-state index in [9.17, 15) is 13.2 Å². The van der Waals surface area contributed by atoms with Crippen molar-refractivity contribution in [3.05, 3.63) is 53.9 Å². The predicted molar refractivity (Wildman–Crippen MR) is 64.4 cm³/mol. The SMILES string of the molecule is Nc1ccc(COc2cccc(C(F)(F)F)c2)nc1. The minimum Gasteiger partial charge on any atom is -0.487 e. The lowest BCUT2D eigenvalue weighted by molar-refractivity contribution is -0.137. The van der Waals surface area contributed by atoms with Gasteiger partial charge in [-0.3, -0.25) is 4.98 Å². The van der Waals surface area contributed by atoms with E-state index in [4.69, 9.17) is 10.5 Å². The monoisotopic (exact) mass is 268 g/mol. The van der Waals surface area contributed by atoms with Gasteiger partial charge in [-0.05, 0) is 30.3 Å². The van der Waals surface area contributed by atoms with Crippen molar-refractivity contribution in [3.63, 3.8) is 0 Å². The van der Waals surface area contributed by atoms with Gasteiger partial charge in [0.05, 0.1) is 23.1 Å². The van der Waals surface area contributed by atoms with Crippen LogP contribution in [0.2, 0.25) is 0 Å². The quantitative estimate of drug-likeness (QED) is 0.929. The number of halogens is 3. The van der Waals surface area contributed by atoms with E-state index in [1.165, 1.54) is 18.3 Å². The van der Waals surface area contributed by atoms with Crippen molar-refractivity contribution in [2.75, 3.05) is 5.73 Å².